The third-order valence-corrected chi connectivity index (χ3v) is 5.49. The Kier molecular flexibility index (Phi) is 4.64. The first-order valence-corrected chi connectivity index (χ1v) is 9.86. The van der Waals surface area contributed by atoms with Gasteiger partial charge in [-0.15, -0.1) is 0 Å². The van der Waals surface area contributed by atoms with E-state index in [4.69, 9.17) is 9.72 Å². The number of aromatic nitrogens is 2. The van der Waals surface area contributed by atoms with Crippen LogP contribution in [-0.2, 0) is 11.2 Å². The Labute approximate surface area is 173 Å². The second-order valence-corrected chi connectivity index (χ2v) is 7.39. The van der Waals surface area contributed by atoms with Crippen molar-refractivity contribution >= 4 is 5.97 Å². The number of imidazole rings is 1. The molecule has 2 heterocycles. The third-order valence-electron chi connectivity index (χ3n) is 5.49. The maximum absolute atomic E-state index is 14.3. The number of benzene rings is 3. The highest BCUT2D eigenvalue weighted by Crippen LogP contribution is 2.43. The number of hydrogen-bond acceptors (Lipinski definition) is 3. The second-order valence-electron chi connectivity index (χ2n) is 7.39. The number of nitrogens with zero attached hydrogens (tertiary/aromatic N) is 1. The van der Waals surface area contributed by atoms with Crippen LogP contribution in [0.2, 0.25) is 0 Å². The van der Waals surface area contributed by atoms with Crippen LogP contribution < -0.4 is 4.74 Å². The Balaban J connectivity index is 1.62. The number of esters is 1. The molecule has 0 radical (unpaired) electrons. The summed E-state index contributed by atoms with van der Waals surface area (Å²) in [7, 11) is 0. The van der Waals surface area contributed by atoms with E-state index in [0.29, 0.717) is 23.5 Å². The number of halogens is 1. The van der Waals surface area contributed by atoms with Crippen molar-refractivity contribution in [3.05, 3.63) is 108 Å². The van der Waals surface area contributed by atoms with Gasteiger partial charge in [0.05, 0.1) is 11.5 Å². The second kappa shape index (κ2) is 7.59. The summed E-state index contributed by atoms with van der Waals surface area (Å²) in [5, 5.41) is 0. The van der Waals surface area contributed by atoms with Gasteiger partial charge in [-0.05, 0) is 29.7 Å². The molecule has 4 aromatic rings. The van der Waals surface area contributed by atoms with Gasteiger partial charge in [-0.3, -0.25) is 4.79 Å². The first-order valence-electron chi connectivity index (χ1n) is 9.86. The molecule has 0 amide bonds. The van der Waals surface area contributed by atoms with Crippen LogP contribution in [-0.4, -0.2) is 15.9 Å². The van der Waals surface area contributed by atoms with E-state index < -0.39 is 5.92 Å². The third kappa shape index (κ3) is 3.28. The summed E-state index contributed by atoms with van der Waals surface area (Å²) in [6, 6.07) is 26.1. The molecule has 1 N–H and O–H groups in total. The molecule has 0 saturated heterocycles. The molecule has 0 spiro atoms. The maximum Gasteiger partial charge on any atom is 0.317 e. The molecule has 0 unspecified atom stereocenters. The van der Waals surface area contributed by atoms with Crippen LogP contribution in [0.3, 0.4) is 0 Å². The largest absolute Gasteiger partial charge is 0.407 e. The maximum atomic E-state index is 14.3. The van der Waals surface area contributed by atoms with Crippen LogP contribution in [0.4, 0.5) is 4.39 Å². The highest BCUT2D eigenvalue weighted by Gasteiger charge is 2.41. The van der Waals surface area contributed by atoms with Gasteiger partial charge in [-0.2, -0.15) is 0 Å². The van der Waals surface area contributed by atoms with Gasteiger partial charge in [0.1, 0.15) is 17.3 Å². The molecule has 30 heavy (non-hydrogen) atoms. The number of carbonyl (C=O) groups is 1. The molecular weight excluding hydrogens is 379 g/mol. The zero-order chi connectivity index (χ0) is 20.5. The first-order chi connectivity index (χ1) is 14.7. The van der Waals surface area contributed by atoms with Crippen molar-refractivity contribution in [1.82, 2.24) is 9.97 Å². The molecule has 5 rings (SSSR count). The lowest BCUT2D eigenvalue weighted by molar-refractivity contribution is -0.141. The predicted octanol–water partition coefficient (Wildman–Crippen LogP) is 5.13. The number of hydrogen-bond donors (Lipinski definition) is 1. The normalized spacial score (nSPS) is 18.0. The van der Waals surface area contributed by atoms with E-state index in [9.17, 15) is 9.18 Å². The van der Waals surface area contributed by atoms with E-state index in [1.54, 1.807) is 18.2 Å². The molecule has 0 bridgehead atoms. The monoisotopic (exact) mass is 398 g/mol. The van der Waals surface area contributed by atoms with Gasteiger partial charge in [-0.1, -0.05) is 72.8 Å². The Morgan fingerprint density at radius 2 is 1.57 bits per heavy atom. The Bertz CT molecular complexity index is 1190. The van der Waals surface area contributed by atoms with Crippen LogP contribution in [0, 0.1) is 11.7 Å². The molecule has 1 aliphatic rings. The van der Waals surface area contributed by atoms with Crippen molar-refractivity contribution in [3.8, 4) is 17.3 Å². The summed E-state index contributed by atoms with van der Waals surface area (Å²) in [5.41, 5.74) is 2.99. The van der Waals surface area contributed by atoms with Gasteiger partial charge in [0, 0.05) is 5.92 Å². The zero-order valence-corrected chi connectivity index (χ0v) is 16.1. The number of aromatic amines is 1. The summed E-state index contributed by atoms with van der Waals surface area (Å²) in [5.74, 6) is -0.780. The van der Waals surface area contributed by atoms with Crippen molar-refractivity contribution < 1.29 is 13.9 Å². The van der Waals surface area contributed by atoms with E-state index in [0.717, 1.165) is 11.1 Å². The fraction of sp³-hybridized carbons (Fsp3) is 0.120. The average Bonchev–Trinajstić information content (AvgIpc) is 3.19. The van der Waals surface area contributed by atoms with Crippen LogP contribution >= 0.6 is 0 Å². The lowest BCUT2D eigenvalue weighted by Gasteiger charge is -2.29. The Hall–Kier alpha value is -3.73. The van der Waals surface area contributed by atoms with E-state index in [1.807, 2.05) is 60.7 Å². The molecule has 1 aromatic heterocycles. The van der Waals surface area contributed by atoms with Crippen LogP contribution in [0.5, 0.6) is 5.88 Å². The van der Waals surface area contributed by atoms with E-state index in [1.165, 1.54) is 6.07 Å². The molecule has 4 nitrogen and oxygen atoms in total. The topological polar surface area (TPSA) is 55.0 Å². The molecule has 148 valence electrons. The standard InChI is InChI=1S/C25H19FN2O2/c26-20-14-8-7-13-18(20)23-27-22-21(17-11-5-2-6-12-17)19(25(29)30-24(22)28-23)15-16-9-3-1-4-10-16/h1-14,19,21H,15H2,(H,27,28)/t19-,21+/m0/s1. The van der Waals surface area contributed by atoms with E-state index in [-0.39, 0.29) is 23.6 Å². The molecule has 0 aliphatic carbocycles. The van der Waals surface area contributed by atoms with Gasteiger partial charge in [0.25, 0.3) is 0 Å². The van der Waals surface area contributed by atoms with Gasteiger partial charge < -0.3 is 9.72 Å². The first kappa shape index (κ1) is 18.3. The van der Waals surface area contributed by atoms with Crippen LogP contribution in [0.15, 0.2) is 84.9 Å². The molecule has 2 atom stereocenters. The minimum absolute atomic E-state index is 0.288. The minimum Gasteiger partial charge on any atom is -0.407 e. The van der Waals surface area contributed by atoms with Crippen molar-refractivity contribution in [2.45, 2.75) is 12.3 Å². The minimum atomic E-state index is -0.431. The molecule has 1 aliphatic heterocycles. The number of nitrogens with one attached hydrogen (secondary N) is 1. The molecule has 0 saturated carbocycles. The number of H-pyrrole nitrogens is 1. The quantitative estimate of drug-likeness (QED) is 0.485. The summed E-state index contributed by atoms with van der Waals surface area (Å²) in [6.45, 7) is 0. The Morgan fingerprint density at radius 1 is 0.900 bits per heavy atom. The van der Waals surface area contributed by atoms with Gasteiger partial charge >= 0.3 is 5.97 Å². The summed E-state index contributed by atoms with van der Waals surface area (Å²) >= 11 is 0. The van der Waals surface area contributed by atoms with Gasteiger partial charge in [0.2, 0.25) is 5.88 Å². The lowest BCUT2D eigenvalue weighted by atomic mass is 9.79. The molecule has 3 aromatic carbocycles. The van der Waals surface area contributed by atoms with E-state index in [2.05, 4.69) is 4.98 Å². The molecular formula is C25H19FN2O2. The van der Waals surface area contributed by atoms with Crippen molar-refractivity contribution in [2.75, 3.05) is 0 Å². The number of ether oxygens (including phenoxy) is 1. The Morgan fingerprint density at radius 3 is 2.30 bits per heavy atom. The number of fused-ring (bicyclic) bond motifs is 1. The van der Waals surface area contributed by atoms with E-state index >= 15 is 0 Å². The lowest BCUT2D eigenvalue weighted by Crippen LogP contribution is -2.34. The van der Waals surface area contributed by atoms with Crippen molar-refractivity contribution in [2.24, 2.45) is 5.92 Å². The molecule has 5 heteroatoms. The molecule has 0 fully saturated rings. The summed E-state index contributed by atoms with van der Waals surface area (Å²) in [4.78, 5) is 20.7. The highest BCUT2D eigenvalue weighted by atomic mass is 19.1. The van der Waals surface area contributed by atoms with Crippen LogP contribution in [0.1, 0.15) is 22.7 Å². The fourth-order valence-electron chi connectivity index (χ4n) is 4.06. The zero-order valence-electron chi connectivity index (χ0n) is 16.1. The fourth-order valence-corrected chi connectivity index (χ4v) is 4.06. The number of rotatable bonds is 4. The van der Waals surface area contributed by atoms with Crippen molar-refractivity contribution in [3.63, 3.8) is 0 Å². The van der Waals surface area contributed by atoms with Crippen molar-refractivity contribution in [1.29, 1.82) is 0 Å². The summed E-state index contributed by atoms with van der Waals surface area (Å²) in [6.07, 6.45) is 0.528. The van der Waals surface area contributed by atoms with Crippen LogP contribution in [0.25, 0.3) is 11.4 Å². The average molecular weight is 398 g/mol. The summed E-state index contributed by atoms with van der Waals surface area (Å²) < 4.78 is 20.0. The van der Waals surface area contributed by atoms with Gasteiger partial charge in [0.15, 0.2) is 0 Å². The highest BCUT2D eigenvalue weighted by molar-refractivity contribution is 5.80. The predicted molar refractivity (Wildman–Crippen MR) is 112 cm³/mol. The van der Waals surface area contributed by atoms with Gasteiger partial charge in [-0.25, -0.2) is 9.37 Å². The number of carbonyl (C=O) groups excluding carboxylic acids is 1. The smallest absolute Gasteiger partial charge is 0.317 e. The SMILES string of the molecule is O=C1Oc2[nH]c(-c3ccccc3F)nc2[C@H](c2ccccc2)[C@@H]1Cc1ccccc1.